The van der Waals surface area contributed by atoms with Gasteiger partial charge in [0.2, 0.25) is 0 Å². The number of ether oxygens (including phenoxy) is 2. The minimum absolute atomic E-state index is 0.476. The topological polar surface area (TPSA) is 57.4 Å². The first-order valence-corrected chi connectivity index (χ1v) is 3.05. The summed E-state index contributed by atoms with van der Waals surface area (Å²) in [6.07, 6.45) is -4.04. The van der Waals surface area contributed by atoms with Gasteiger partial charge in [0, 0.05) is 12.2 Å². The Hall–Kier alpha value is -1.29. The largest absolute Gasteiger partial charge is 0.483 e. The van der Waals surface area contributed by atoms with Crippen LogP contribution in [0.5, 0.6) is 5.75 Å². The summed E-state index contributed by atoms with van der Waals surface area (Å²) >= 11 is 0. The van der Waals surface area contributed by atoms with Crippen LogP contribution in [-0.2, 0) is 4.74 Å². The zero-order valence-electron chi connectivity index (χ0n) is 13.8. The van der Waals surface area contributed by atoms with Gasteiger partial charge in [0.25, 0.3) is 0 Å². The van der Waals surface area contributed by atoms with Gasteiger partial charge in [0.1, 0.15) is 11.8 Å². The predicted octanol–water partition coefficient (Wildman–Crippen LogP) is 0.441. The lowest BCUT2D eigenvalue weighted by Gasteiger charge is -2.27. The summed E-state index contributed by atoms with van der Waals surface area (Å²) < 4.78 is 68.6. The highest BCUT2D eigenvalue weighted by molar-refractivity contribution is 5.49. The zero-order chi connectivity index (χ0) is 15.5. The Morgan fingerprint density at radius 3 is 3.50 bits per heavy atom. The lowest BCUT2D eigenvalue weighted by molar-refractivity contribution is -0.0794. The zero-order valence-corrected chi connectivity index (χ0v) is 5.84. The Bertz CT molecular complexity index is 538. The number of nitrogens with zero attached hydrogens (tertiary/aromatic N) is 1. The van der Waals surface area contributed by atoms with Gasteiger partial charge in [-0.1, -0.05) is 0 Å². The van der Waals surface area contributed by atoms with Crippen molar-refractivity contribution in [3.05, 3.63) is 18.4 Å². The first kappa shape index (κ1) is 2.60. The van der Waals surface area contributed by atoms with Gasteiger partial charge in [-0.2, -0.15) is 0 Å². The van der Waals surface area contributed by atoms with Crippen LogP contribution in [-0.4, -0.2) is 24.2 Å². The van der Waals surface area contributed by atoms with E-state index in [9.17, 15) is 0 Å². The summed E-state index contributed by atoms with van der Waals surface area (Å²) in [4.78, 5) is 3.34. The number of aromatic nitrogens is 1. The van der Waals surface area contributed by atoms with Crippen molar-refractivity contribution >= 4 is 5.69 Å². The fourth-order valence-corrected chi connectivity index (χ4v) is 0.602. The van der Waals surface area contributed by atoms with E-state index >= 15 is 0 Å². The molecule has 1 fully saturated rings. The van der Waals surface area contributed by atoms with Crippen LogP contribution in [0.15, 0.2) is 18.4 Å². The van der Waals surface area contributed by atoms with Crippen molar-refractivity contribution in [3.8, 4) is 5.75 Å². The maximum Gasteiger partial charge on any atom is 0.145 e. The number of anilines is 1. The van der Waals surface area contributed by atoms with E-state index in [1.807, 2.05) is 0 Å². The Morgan fingerprint density at radius 1 is 1.92 bits per heavy atom. The molecular weight excluding hydrogens is 156 g/mol. The summed E-state index contributed by atoms with van der Waals surface area (Å²) in [6, 6.07) is -0.663. The van der Waals surface area contributed by atoms with Gasteiger partial charge in [0.05, 0.1) is 35.9 Å². The number of rotatable bonds is 2. The van der Waals surface area contributed by atoms with Crippen LogP contribution in [0.1, 0.15) is 11.0 Å². The smallest absolute Gasteiger partial charge is 0.145 e. The van der Waals surface area contributed by atoms with Crippen LogP contribution < -0.4 is 10.5 Å². The van der Waals surface area contributed by atoms with E-state index in [2.05, 4.69) is 9.72 Å². The van der Waals surface area contributed by atoms with Crippen LogP contribution in [0.3, 0.4) is 0 Å². The highest BCUT2D eigenvalue weighted by atomic mass is 16.6. The second-order valence-corrected chi connectivity index (χ2v) is 1.94. The maximum absolute atomic E-state index is 7.76. The van der Waals surface area contributed by atoms with Crippen molar-refractivity contribution in [3.63, 3.8) is 0 Å². The molecule has 2 heterocycles. The summed E-state index contributed by atoms with van der Waals surface area (Å²) in [6.45, 7) is -5.55. The predicted molar refractivity (Wildman–Crippen MR) is 43.9 cm³/mol. The molecule has 0 atom stereocenters. The minimum Gasteiger partial charge on any atom is -0.483 e. The first-order chi connectivity index (χ1) is 8.93. The molecule has 1 aliphatic rings. The monoisotopic (exact) mass is 174 g/mol. The Balaban J connectivity index is 2.50. The molecule has 0 spiro atoms. The molecule has 0 saturated carbocycles. The third-order valence-electron chi connectivity index (χ3n) is 1.14. The number of nitrogen functional groups attached to an aromatic ring is 1. The normalized spacial score (nSPS) is 37.7. The third-order valence-corrected chi connectivity index (χ3v) is 1.14. The van der Waals surface area contributed by atoms with E-state index in [0.29, 0.717) is 0 Å². The van der Waals surface area contributed by atoms with Crippen molar-refractivity contribution in [2.75, 3.05) is 18.9 Å². The van der Waals surface area contributed by atoms with Gasteiger partial charge in [-0.15, -0.1) is 0 Å². The third kappa shape index (κ3) is 1.33. The molecule has 12 heavy (non-hydrogen) atoms. The summed E-state index contributed by atoms with van der Waals surface area (Å²) in [5.74, 6) is -0.638. The molecule has 4 heteroatoms. The SMILES string of the molecule is [2H]c1nc([2H])c(N)c(OC2([2H])C([2H])([2H])OC2([2H])[2H])c1[2H]. The standard InChI is InChI=1S/C8H10N2O2/c9-7-3-10-2-1-8(7)12-6-4-11-5-6/h1-3,6H,4-5,9H2/i1D,2D,3D,4D2,5D2,6D. The second-order valence-electron chi connectivity index (χ2n) is 1.94. The lowest BCUT2D eigenvalue weighted by atomic mass is 10.3. The molecule has 0 amide bonds. The maximum atomic E-state index is 7.76. The van der Waals surface area contributed by atoms with Gasteiger partial charge in [-0.3, -0.25) is 4.98 Å². The fraction of sp³-hybridized carbons (Fsp3) is 0.375. The Labute approximate surface area is 81.5 Å². The second kappa shape index (κ2) is 2.98. The molecule has 1 saturated heterocycles. The Morgan fingerprint density at radius 2 is 2.75 bits per heavy atom. The van der Waals surface area contributed by atoms with Crippen LogP contribution >= 0.6 is 0 Å². The van der Waals surface area contributed by atoms with Crippen LogP contribution in [0, 0.1) is 0 Å². The average molecular weight is 174 g/mol. The van der Waals surface area contributed by atoms with E-state index < -0.39 is 49.0 Å². The molecule has 0 aliphatic carbocycles. The molecule has 2 N–H and O–H groups in total. The molecule has 0 unspecified atom stereocenters. The summed E-state index contributed by atoms with van der Waals surface area (Å²) in [7, 11) is 0. The molecule has 1 aliphatic heterocycles. The molecule has 4 nitrogen and oxygen atoms in total. The van der Waals surface area contributed by atoms with E-state index in [-0.39, 0.29) is 0 Å². The number of hydrogen-bond acceptors (Lipinski definition) is 4. The van der Waals surface area contributed by atoms with Gasteiger partial charge < -0.3 is 15.2 Å². The molecule has 1 aromatic heterocycles. The highest BCUT2D eigenvalue weighted by Crippen LogP contribution is 2.21. The van der Waals surface area contributed by atoms with Gasteiger partial charge >= 0.3 is 0 Å². The van der Waals surface area contributed by atoms with E-state index in [1.165, 1.54) is 0 Å². The number of nitrogens with two attached hydrogens (primary N) is 1. The van der Waals surface area contributed by atoms with Crippen LogP contribution in [0.2, 0.25) is 0 Å². The van der Waals surface area contributed by atoms with E-state index in [1.54, 1.807) is 0 Å². The first-order valence-electron chi connectivity index (χ1n) is 7.05. The Kier molecular flexibility index (Phi) is 0.647. The fourth-order valence-electron chi connectivity index (χ4n) is 0.602. The van der Waals surface area contributed by atoms with Gasteiger partial charge in [-0.05, 0) is 0 Å². The molecule has 2 rings (SSSR count). The summed E-state index contributed by atoms with van der Waals surface area (Å²) in [5, 5.41) is 0. The van der Waals surface area contributed by atoms with Crippen molar-refractivity contribution in [2.45, 2.75) is 6.08 Å². The number of pyridine rings is 1. The van der Waals surface area contributed by atoms with Crippen molar-refractivity contribution < 1.29 is 20.4 Å². The lowest BCUT2D eigenvalue weighted by Crippen LogP contribution is -2.38. The van der Waals surface area contributed by atoms with E-state index in [0.717, 1.165) is 0 Å². The molecule has 0 radical (unpaired) electrons. The summed E-state index contributed by atoms with van der Waals surface area (Å²) in [5.41, 5.74) is 4.99. The van der Waals surface area contributed by atoms with Crippen LogP contribution in [0.25, 0.3) is 0 Å². The van der Waals surface area contributed by atoms with Crippen molar-refractivity contribution in [1.82, 2.24) is 4.98 Å². The minimum atomic E-state index is -2.82. The van der Waals surface area contributed by atoms with Gasteiger partial charge in [0.15, 0.2) is 0 Å². The van der Waals surface area contributed by atoms with Crippen molar-refractivity contribution in [2.24, 2.45) is 0 Å². The molecule has 0 aromatic carbocycles. The van der Waals surface area contributed by atoms with Gasteiger partial charge in [-0.25, -0.2) is 0 Å². The molecule has 0 bridgehead atoms. The van der Waals surface area contributed by atoms with Crippen molar-refractivity contribution in [1.29, 1.82) is 0 Å². The highest BCUT2D eigenvalue weighted by Gasteiger charge is 2.20. The molecular formula is C8H10N2O2. The molecule has 1 aromatic rings. The number of hydrogen-bond donors (Lipinski definition) is 1. The quantitative estimate of drug-likeness (QED) is 0.707. The molecule has 64 valence electrons. The van der Waals surface area contributed by atoms with Crippen LogP contribution in [0.4, 0.5) is 5.69 Å². The average Bonchev–Trinajstić information content (AvgIpc) is 2.30. The van der Waals surface area contributed by atoms with E-state index in [4.69, 9.17) is 21.4 Å².